The van der Waals surface area contributed by atoms with Crippen LogP contribution in [0.25, 0.3) is 0 Å². The number of rotatable bonds is 5. The number of nitrogens with zero attached hydrogens (tertiary/aromatic N) is 4. The zero-order valence-corrected chi connectivity index (χ0v) is 19.2. The van der Waals surface area contributed by atoms with Crippen molar-refractivity contribution in [1.82, 2.24) is 18.8 Å². The fraction of sp³-hybridized carbons (Fsp3) is 0.500. The molecule has 0 atom stereocenters. The Bertz CT molecular complexity index is 1070. The lowest BCUT2D eigenvalue weighted by molar-refractivity contribution is -0.192. The smallest absolute Gasteiger partial charge is 0.475 e. The minimum absolute atomic E-state index is 0.206. The van der Waals surface area contributed by atoms with E-state index in [0.717, 1.165) is 11.4 Å². The first-order chi connectivity index (χ1) is 15.2. The van der Waals surface area contributed by atoms with Crippen molar-refractivity contribution in [3.8, 4) is 0 Å². The van der Waals surface area contributed by atoms with Crippen molar-refractivity contribution in [1.29, 1.82) is 0 Å². The van der Waals surface area contributed by atoms with Gasteiger partial charge in [0.25, 0.3) is 0 Å². The predicted molar refractivity (Wildman–Crippen MR) is 111 cm³/mol. The van der Waals surface area contributed by atoms with Crippen LogP contribution in [0.2, 0.25) is 0 Å². The van der Waals surface area contributed by atoms with Gasteiger partial charge >= 0.3 is 12.1 Å². The third kappa shape index (κ3) is 6.74. The molecule has 3 rings (SSSR count). The lowest BCUT2D eigenvalue weighted by Gasteiger charge is -2.23. The summed E-state index contributed by atoms with van der Waals surface area (Å²) < 4.78 is 75.2. The first-order valence-corrected chi connectivity index (χ1v) is 11.5. The number of aliphatic carboxylic acids is 1. The SMILES string of the molecule is CC(C)N(C)Cc1ncn2c1CN(S(=O)(=O)c1ccccc1F)CCC2.O=C(O)C(F)(F)F. The maximum absolute atomic E-state index is 14.1. The van der Waals surface area contributed by atoms with Crippen LogP contribution < -0.4 is 0 Å². The summed E-state index contributed by atoms with van der Waals surface area (Å²) in [7, 11) is -1.88. The Kier molecular flexibility index (Phi) is 8.60. The quantitative estimate of drug-likeness (QED) is 0.642. The second kappa shape index (κ2) is 10.6. The second-order valence-electron chi connectivity index (χ2n) is 7.77. The fourth-order valence-electron chi connectivity index (χ4n) is 3.04. The molecule has 2 heterocycles. The molecule has 0 bridgehead atoms. The van der Waals surface area contributed by atoms with Crippen LogP contribution in [-0.2, 0) is 34.5 Å². The third-order valence-electron chi connectivity index (χ3n) is 5.14. The highest BCUT2D eigenvalue weighted by atomic mass is 32.2. The van der Waals surface area contributed by atoms with Crippen LogP contribution >= 0.6 is 0 Å². The van der Waals surface area contributed by atoms with Crippen molar-refractivity contribution >= 4 is 16.0 Å². The Labute approximate surface area is 189 Å². The molecule has 13 heteroatoms. The summed E-state index contributed by atoms with van der Waals surface area (Å²) in [5.41, 5.74) is 1.76. The van der Waals surface area contributed by atoms with Crippen molar-refractivity contribution in [2.75, 3.05) is 13.6 Å². The van der Waals surface area contributed by atoms with Crippen molar-refractivity contribution in [3.05, 3.63) is 47.8 Å². The molecule has 0 fully saturated rings. The van der Waals surface area contributed by atoms with Crippen LogP contribution in [0.3, 0.4) is 0 Å². The number of halogens is 4. The number of hydrogen-bond donors (Lipinski definition) is 1. The maximum Gasteiger partial charge on any atom is 0.490 e. The number of fused-ring (bicyclic) bond motifs is 1. The summed E-state index contributed by atoms with van der Waals surface area (Å²) in [6.07, 6.45) is -2.64. The van der Waals surface area contributed by atoms with Crippen LogP contribution in [-0.4, -0.2) is 64.1 Å². The molecule has 0 amide bonds. The number of aromatic nitrogens is 2. The number of benzene rings is 1. The molecule has 1 aliphatic heterocycles. The van der Waals surface area contributed by atoms with E-state index < -0.39 is 28.0 Å². The van der Waals surface area contributed by atoms with Gasteiger partial charge in [0.2, 0.25) is 10.0 Å². The normalized spacial score (nSPS) is 15.1. The van der Waals surface area contributed by atoms with Gasteiger partial charge in [0, 0.05) is 25.7 Å². The first kappa shape index (κ1) is 26.7. The molecule has 0 radical (unpaired) electrons. The van der Waals surface area contributed by atoms with Crippen LogP contribution in [0.1, 0.15) is 31.7 Å². The highest BCUT2D eigenvalue weighted by Crippen LogP contribution is 2.25. The molecule has 1 aromatic heterocycles. The molecule has 1 N–H and O–H groups in total. The first-order valence-electron chi connectivity index (χ1n) is 10.0. The monoisotopic (exact) mass is 494 g/mol. The number of carbonyl (C=O) groups is 1. The zero-order valence-electron chi connectivity index (χ0n) is 18.4. The fourth-order valence-corrected chi connectivity index (χ4v) is 4.54. The number of alkyl halides is 3. The number of carboxylic acid groups (broad SMARTS) is 1. The van der Waals surface area contributed by atoms with E-state index in [0.29, 0.717) is 32.1 Å². The Morgan fingerprint density at radius 1 is 1.24 bits per heavy atom. The molecule has 0 unspecified atom stereocenters. The van der Waals surface area contributed by atoms with E-state index in [-0.39, 0.29) is 11.4 Å². The van der Waals surface area contributed by atoms with Crippen LogP contribution in [0, 0.1) is 5.82 Å². The van der Waals surface area contributed by atoms with E-state index in [1.54, 1.807) is 12.4 Å². The molecule has 0 aliphatic carbocycles. The van der Waals surface area contributed by atoms with Gasteiger partial charge in [-0.05, 0) is 39.4 Å². The van der Waals surface area contributed by atoms with Gasteiger partial charge in [-0.2, -0.15) is 17.5 Å². The predicted octanol–water partition coefficient (Wildman–Crippen LogP) is 3.09. The van der Waals surface area contributed by atoms with Crippen LogP contribution in [0.4, 0.5) is 17.6 Å². The number of imidazole rings is 1. The van der Waals surface area contributed by atoms with Gasteiger partial charge < -0.3 is 9.67 Å². The summed E-state index contributed by atoms with van der Waals surface area (Å²) in [4.78, 5) is 15.3. The van der Waals surface area contributed by atoms with E-state index in [1.165, 1.54) is 22.5 Å². The molecule has 2 aromatic rings. The van der Waals surface area contributed by atoms with Gasteiger partial charge in [0.1, 0.15) is 10.7 Å². The Morgan fingerprint density at radius 2 is 1.85 bits per heavy atom. The summed E-state index contributed by atoms with van der Waals surface area (Å²) in [5, 5.41) is 7.12. The average Bonchev–Trinajstić information content (AvgIpc) is 2.94. The van der Waals surface area contributed by atoms with E-state index in [1.807, 2.05) is 11.6 Å². The van der Waals surface area contributed by atoms with Crippen molar-refractivity contribution in [3.63, 3.8) is 0 Å². The van der Waals surface area contributed by atoms with Crippen LogP contribution in [0.15, 0.2) is 35.5 Å². The molecule has 8 nitrogen and oxygen atoms in total. The van der Waals surface area contributed by atoms with Gasteiger partial charge in [0.15, 0.2) is 0 Å². The van der Waals surface area contributed by atoms with Crippen LogP contribution in [0.5, 0.6) is 0 Å². The summed E-state index contributed by atoms with van der Waals surface area (Å²) in [6, 6.07) is 5.89. The molecule has 1 aromatic carbocycles. The lowest BCUT2D eigenvalue weighted by Crippen LogP contribution is -2.32. The minimum atomic E-state index is -5.08. The third-order valence-corrected chi connectivity index (χ3v) is 7.02. The van der Waals surface area contributed by atoms with Gasteiger partial charge in [0.05, 0.1) is 24.3 Å². The van der Waals surface area contributed by atoms with Gasteiger partial charge in [-0.15, -0.1) is 0 Å². The Hall–Kier alpha value is -2.51. The van der Waals surface area contributed by atoms with E-state index >= 15 is 0 Å². The Morgan fingerprint density at radius 3 is 2.39 bits per heavy atom. The van der Waals surface area contributed by atoms with Gasteiger partial charge in [-0.3, -0.25) is 4.90 Å². The van der Waals surface area contributed by atoms with E-state index in [4.69, 9.17) is 9.90 Å². The highest BCUT2D eigenvalue weighted by Gasteiger charge is 2.38. The van der Waals surface area contributed by atoms with Crippen molar-refractivity contribution < 1.29 is 35.9 Å². The molecule has 1 aliphatic rings. The number of aryl methyl sites for hydroxylation is 1. The summed E-state index contributed by atoms with van der Waals surface area (Å²) in [5.74, 6) is -3.47. The topological polar surface area (TPSA) is 95.7 Å². The molecule has 0 saturated carbocycles. The largest absolute Gasteiger partial charge is 0.490 e. The van der Waals surface area contributed by atoms with Crippen molar-refractivity contribution in [2.45, 2.75) is 57.0 Å². The molecule has 184 valence electrons. The number of carboxylic acids is 1. The average molecular weight is 495 g/mol. The number of hydrogen-bond acceptors (Lipinski definition) is 5. The Balaban J connectivity index is 0.000000479. The van der Waals surface area contributed by atoms with Crippen molar-refractivity contribution in [2.24, 2.45) is 0 Å². The van der Waals surface area contributed by atoms with Gasteiger partial charge in [-0.25, -0.2) is 22.6 Å². The van der Waals surface area contributed by atoms with Gasteiger partial charge in [-0.1, -0.05) is 12.1 Å². The van der Waals surface area contributed by atoms with E-state index in [9.17, 15) is 26.0 Å². The highest BCUT2D eigenvalue weighted by molar-refractivity contribution is 7.89. The molecule has 0 spiro atoms. The maximum atomic E-state index is 14.1. The molecule has 0 saturated heterocycles. The molecular formula is C20H26F4N4O4S. The summed E-state index contributed by atoms with van der Waals surface area (Å²) in [6.45, 7) is 6.12. The van der Waals surface area contributed by atoms with E-state index in [2.05, 4.69) is 23.7 Å². The number of sulfonamides is 1. The second-order valence-corrected chi connectivity index (χ2v) is 9.67. The standard InChI is InChI=1S/C18H25FN4O2S.C2HF3O2/c1-14(2)21(3)11-16-17-12-23(10-6-9-22(17)13-20-16)26(24,25)18-8-5-4-7-15(18)19;3-2(4,5)1(6)7/h4-5,7-8,13-14H,6,9-12H2,1-3H3;(H,6,7). The lowest BCUT2D eigenvalue weighted by atomic mass is 10.2. The molecule has 33 heavy (non-hydrogen) atoms. The zero-order chi connectivity index (χ0) is 25.0. The summed E-state index contributed by atoms with van der Waals surface area (Å²) >= 11 is 0. The minimum Gasteiger partial charge on any atom is -0.475 e. The molecular weight excluding hydrogens is 468 g/mol.